The van der Waals surface area contributed by atoms with Crippen molar-refractivity contribution in [3.05, 3.63) is 21.9 Å². The van der Waals surface area contributed by atoms with E-state index in [0.717, 1.165) is 25.9 Å². The molecule has 0 aromatic carbocycles. The first-order chi connectivity index (χ1) is 9.76. The lowest BCUT2D eigenvalue weighted by atomic mass is 10.1. The summed E-state index contributed by atoms with van der Waals surface area (Å²) in [6.07, 6.45) is 1.92. The summed E-state index contributed by atoms with van der Waals surface area (Å²) in [7, 11) is 0. The third kappa shape index (κ3) is 2.67. The zero-order chi connectivity index (χ0) is 13.9. The van der Waals surface area contributed by atoms with Crippen molar-refractivity contribution in [2.75, 3.05) is 23.8 Å². The summed E-state index contributed by atoms with van der Waals surface area (Å²) in [5.41, 5.74) is 7.09. The lowest BCUT2D eigenvalue weighted by molar-refractivity contribution is 0.292. The van der Waals surface area contributed by atoms with Gasteiger partial charge in [-0.05, 0) is 29.9 Å². The van der Waals surface area contributed by atoms with Crippen LogP contribution >= 0.6 is 11.3 Å². The molecule has 3 rings (SSSR count). The maximum Gasteiger partial charge on any atom is 0.323 e. The molecule has 0 unspecified atom stereocenters. The van der Waals surface area contributed by atoms with E-state index in [-0.39, 0.29) is 5.95 Å². The van der Waals surface area contributed by atoms with Crippen LogP contribution in [0.3, 0.4) is 0 Å². The number of anilines is 2. The first kappa shape index (κ1) is 13.1. The van der Waals surface area contributed by atoms with E-state index in [2.05, 4.69) is 31.3 Å². The summed E-state index contributed by atoms with van der Waals surface area (Å²) in [4.78, 5) is 16.2. The molecule has 2 aromatic rings. The monoisotopic (exact) mass is 291 g/mol. The fraction of sp³-hybridized carbons (Fsp3) is 0.462. The van der Waals surface area contributed by atoms with Gasteiger partial charge in [0.25, 0.3) is 0 Å². The zero-order valence-corrected chi connectivity index (χ0v) is 12.2. The summed E-state index contributed by atoms with van der Waals surface area (Å²) in [6, 6.07) is 2.47. The van der Waals surface area contributed by atoms with Crippen LogP contribution in [0.15, 0.2) is 11.4 Å². The average molecular weight is 291 g/mol. The highest BCUT2D eigenvalue weighted by atomic mass is 32.1. The number of rotatable bonds is 4. The molecular formula is C13H17N5OS. The Hall–Kier alpha value is -1.89. The quantitative estimate of drug-likeness (QED) is 0.926. The molecule has 3 heterocycles. The Bertz CT molecular complexity index is 600. The van der Waals surface area contributed by atoms with E-state index in [1.807, 2.05) is 18.3 Å². The molecule has 0 radical (unpaired) electrons. The van der Waals surface area contributed by atoms with Gasteiger partial charge in [-0.2, -0.15) is 15.0 Å². The fourth-order valence-electron chi connectivity index (χ4n) is 2.18. The van der Waals surface area contributed by atoms with E-state index in [4.69, 9.17) is 10.5 Å². The molecule has 1 aliphatic rings. The number of nitrogen functional groups attached to an aromatic ring is 1. The van der Waals surface area contributed by atoms with Crippen molar-refractivity contribution >= 4 is 23.2 Å². The van der Waals surface area contributed by atoms with Crippen LogP contribution in [0.2, 0.25) is 0 Å². The third-order valence-corrected chi connectivity index (χ3v) is 4.17. The predicted molar refractivity (Wildman–Crippen MR) is 79.1 cm³/mol. The maximum atomic E-state index is 5.75. The minimum Gasteiger partial charge on any atom is -0.463 e. The minimum absolute atomic E-state index is 0.206. The number of nitrogens with two attached hydrogens (primary N) is 1. The lowest BCUT2D eigenvalue weighted by Crippen LogP contribution is -2.31. The van der Waals surface area contributed by atoms with Crippen LogP contribution in [0, 0.1) is 0 Å². The largest absolute Gasteiger partial charge is 0.463 e. The van der Waals surface area contributed by atoms with Crippen molar-refractivity contribution < 1.29 is 4.74 Å². The number of fused-ring (bicyclic) bond motifs is 1. The van der Waals surface area contributed by atoms with Gasteiger partial charge in [-0.1, -0.05) is 6.92 Å². The van der Waals surface area contributed by atoms with Gasteiger partial charge in [-0.25, -0.2) is 0 Å². The van der Waals surface area contributed by atoms with Gasteiger partial charge in [0.2, 0.25) is 11.9 Å². The molecule has 2 aromatic heterocycles. The van der Waals surface area contributed by atoms with Gasteiger partial charge < -0.3 is 15.4 Å². The SMILES string of the molecule is CCCOc1nc(N)nc(N2CCc3sccc3C2)n1. The van der Waals surface area contributed by atoms with Crippen LogP contribution in [-0.4, -0.2) is 28.1 Å². The molecule has 2 N–H and O–H groups in total. The van der Waals surface area contributed by atoms with E-state index in [9.17, 15) is 0 Å². The highest BCUT2D eigenvalue weighted by Gasteiger charge is 2.20. The zero-order valence-electron chi connectivity index (χ0n) is 11.4. The van der Waals surface area contributed by atoms with Crippen molar-refractivity contribution in [1.82, 2.24) is 15.0 Å². The lowest BCUT2D eigenvalue weighted by Gasteiger charge is -2.26. The summed E-state index contributed by atoms with van der Waals surface area (Å²) in [5.74, 6) is 0.803. The summed E-state index contributed by atoms with van der Waals surface area (Å²) in [6.45, 7) is 4.32. The molecule has 0 fully saturated rings. The minimum atomic E-state index is 0.206. The number of thiophene rings is 1. The van der Waals surface area contributed by atoms with Crippen LogP contribution in [0.1, 0.15) is 23.8 Å². The van der Waals surface area contributed by atoms with Gasteiger partial charge in [0.1, 0.15) is 0 Å². The number of hydrogen-bond acceptors (Lipinski definition) is 7. The molecule has 0 amide bonds. The third-order valence-electron chi connectivity index (χ3n) is 3.15. The fourth-order valence-corrected chi connectivity index (χ4v) is 3.07. The number of aromatic nitrogens is 3. The van der Waals surface area contributed by atoms with Gasteiger partial charge in [0.15, 0.2) is 0 Å². The Labute approximate surface area is 121 Å². The van der Waals surface area contributed by atoms with Crippen LogP contribution in [0.4, 0.5) is 11.9 Å². The summed E-state index contributed by atoms with van der Waals surface area (Å²) >= 11 is 1.81. The first-order valence-electron chi connectivity index (χ1n) is 6.71. The molecule has 1 aliphatic heterocycles. The molecular weight excluding hydrogens is 274 g/mol. The van der Waals surface area contributed by atoms with Crippen molar-refractivity contribution in [2.45, 2.75) is 26.3 Å². The van der Waals surface area contributed by atoms with Crippen molar-refractivity contribution in [3.63, 3.8) is 0 Å². The normalized spacial score (nSPS) is 14.2. The second kappa shape index (κ2) is 5.62. The van der Waals surface area contributed by atoms with Crippen LogP contribution in [0.5, 0.6) is 6.01 Å². The van der Waals surface area contributed by atoms with Gasteiger partial charge in [-0.3, -0.25) is 0 Å². The molecule has 0 aliphatic carbocycles. The highest BCUT2D eigenvalue weighted by Crippen LogP contribution is 2.26. The van der Waals surface area contributed by atoms with E-state index in [1.165, 1.54) is 10.4 Å². The number of nitrogens with zero attached hydrogens (tertiary/aromatic N) is 4. The van der Waals surface area contributed by atoms with Gasteiger partial charge in [0, 0.05) is 18.0 Å². The van der Waals surface area contributed by atoms with E-state index >= 15 is 0 Å². The Morgan fingerprint density at radius 2 is 2.30 bits per heavy atom. The molecule has 106 valence electrons. The molecule has 7 heteroatoms. The van der Waals surface area contributed by atoms with Gasteiger partial charge >= 0.3 is 6.01 Å². The molecule has 0 saturated heterocycles. The number of hydrogen-bond donors (Lipinski definition) is 1. The van der Waals surface area contributed by atoms with Gasteiger partial charge in [0.05, 0.1) is 6.61 Å². The van der Waals surface area contributed by atoms with Crippen molar-refractivity contribution in [1.29, 1.82) is 0 Å². The Kier molecular flexibility index (Phi) is 3.68. The molecule has 0 spiro atoms. The summed E-state index contributed by atoms with van der Waals surface area (Å²) < 4.78 is 5.46. The van der Waals surface area contributed by atoms with E-state index in [0.29, 0.717) is 18.6 Å². The smallest absolute Gasteiger partial charge is 0.323 e. The first-order valence-corrected chi connectivity index (χ1v) is 7.58. The second-order valence-corrected chi connectivity index (χ2v) is 5.67. The van der Waals surface area contributed by atoms with Crippen LogP contribution in [0.25, 0.3) is 0 Å². The molecule has 0 saturated carbocycles. The van der Waals surface area contributed by atoms with E-state index in [1.54, 1.807) is 0 Å². The summed E-state index contributed by atoms with van der Waals surface area (Å²) in [5, 5.41) is 2.13. The second-order valence-electron chi connectivity index (χ2n) is 4.67. The molecule has 6 nitrogen and oxygen atoms in total. The Morgan fingerprint density at radius 1 is 1.40 bits per heavy atom. The topological polar surface area (TPSA) is 77.2 Å². The van der Waals surface area contributed by atoms with Crippen molar-refractivity contribution in [2.24, 2.45) is 0 Å². The predicted octanol–water partition coefficient (Wildman–Crippen LogP) is 1.87. The van der Waals surface area contributed by atoms with Gasteiger partial charge in [-0.15, -0.1) is 11.3 Å². The molecule has 20 heavy (non-hydrogen) atoms. The molecule has 0 bridgehead atoms. The maximum absolute atomic E-state index is 5.75. The number of ether oxygens (including phenoxy) is 1. The Balaban J connectivity index is 1.82. The Morgan fingerprint density at radius 3 is 3.15 bits per heavy atom. The van der Waals surface area contributed by atoms with Crippen LogP contribution < -0.4 is 15.4 Å². The standard InChI is InChI=1S/C13H17N5OS/c1-2-6-19-13-16-11(14)15-12(17-13)18-5-3-10-9(8-18)4-7-20-10/h4,7H,2-3,5-6,8H2,1H3,(H2,14,15,16,17). The molecule has 0 atom stereocenters. The average Bonchev–Trinajstić information content (AvgIpc) is 2.92. The highest BCUT2D eigenvalue weighted by molar-refractivity contribution is 7.10. The van der Waals surface area contributed by atoms with E-state index < -0.39 is 0 Å². The van der Waals surface area contributed by atoms with Crippen LogP contribution in [-0.2, 0) is 13.0 Å². The van der Waals surface area contributed by atoms with Crippen molar-refractivity contribution in [3.8, 4) is 6.01 Å².